The number of imidazole rings is 1. The first-order chi connectivity index (χ1) is 10.9. The summed E-state index contributed by atoms with van der Waals surface area (Å²) in [7, 11) is 0. The molecule has 0 atom stereocenters. The third kappa shape index (κ3) is 3.56. The molecule has 3 aromatic rings. The number of nitrogens with zero attached hydrogens (tertiary/aromatic N) is 2. The zero-order chi connectivity index (χ0) is 16.4. The highest BCUT2D eigenvalue weighted by atomic mass is 19.4. The number of ether oxygens (including phenoxy) is 2. The molecule has 3 rings (SSSR count). The van der Waals surface area contributed by atoms with Crippen molar-refractivity contribution in [3.05, 3.63) is 54.4 Å². The molecule has 0 radical (unpaired) electrons. The molecule has 7 heteroatoms. The van der Waals surface area contributed by atoms with Crippen LogP contribution in [0, 0.1) is 0 Å². The number of benzene rings is 1. The Balaban J connectivity index is 1.86. The zero-order valence-electron chi connectivity index (χ0n) is 12.2. The molecule has 0 bridgehead atoms. The van der Waals surface area contributed by atoms with E-state index in [-0.39, 0.29) is 5.75 Å². The SMILES string of the molecule is CCc1cc(Oc2ccc(OC(F)(F)F)cc2)n2ccnc2c1. The van der Waals surface area contributed by atoms with Gasteiger partial charge in [0.1, 0.15) is 17.1 Å². The number of aromatic nitrogens is 2. The Morgan fingerprint density at radius 1 is 1.09 bits per heavy atom. The predicted octanol–water partition coefficient (Wildman–Crippen LogP) is 4.59. The second-order valence-corrected chi connectivity index (χ2v) is 4.83. The van der Waals surface area contributed by atoms with Crippen LogP contribution < -0.4 is 9.47 Å². The standard InChI is InChI=1S/C16H13F3N2O2/c1-2-11-9-14-20-7-8-21(14)15(10-11)22-12-3-5-13(6-4-12)23-16(17,18)19/h3-10H,2H2,1H3. The average Bonchev–Trinajstić information content (AvgIpc) is 2.96. The summed E-state index contributed by atoms with van der Waals surface area (Å²) in [6.07, 6.45) is -0.480. The van der Waals surface area contributed by atoms with Crippen LogP contribution >= 0.6 is 0 Å². The number of hydrogen-bond donors (Lipinski definition) is 0. The van der Waals surface area contributed by atoms with Crippen LogP contribution in [-0.4, -0.2) is 15.7 Å². The van der Waals surface area contributed by atoms with Gasteiger partial charge in [-0.2, -0.15) is 0 Å². The highest BCUT2D eigenvalue weighted by molar-refractivity contribution is 5.47. The van der Waals surface area contributed by atoms with Crippen molar-refractivity contribution in [3.8, 4) is 17.4 Å². The van der Waals surface area contributed by atoms with Crippen molar-refractivity contribution >= 4 is 5.65 Å². The lowest BCUT2D eigenvalue weighted by Crippen LogP contribution is -2.16. The Morgan fingerprint density at radius 3 is 2.43 bits per heavy atom. The van der Waals surface area contributed by atoms with Crippen molar-refractivity contribution in [2.75, 3.05) is 0 Å². The first-order valence-electron chi connectivity index (χ1n) is 6.94. The highest BCUT2D eigenvalue weighted by Gasteiger charge is 2.30. The minimum atomic E-state index is -4.71. The third-order valence-corrected chi connectivity index (χ3v) is 3.22. The second kappa shape index (κ2) is 5.83. The molecule has 0 aliphatic heterocycles. The number of hydrogen-bond acceptors (Lipinski definition) is 3. The van der Waals surface area contributed by atoms with Crippen molar-refractivity contribution in [2.45, 2.75) is 19.7 Å². The summed E-state index contributed by atoms with van der Waals surface area (Å²) < 4.78 is 47.8. The third-order valence-electron chi connectivity index (χ3n) is 3.22. The van der Waals surface area contributed by atoms with Crippen molar-refractivity contribution in [2.24, 2.45) is 0 Å². The van der Waals surface area contributed by atoms with Crippen molar-refractivity contribution in [1.29, 1.82) is 0 Å². The van der Waals surface area contributed by atoms with Gasteiger partial charge >= 0.3 is 6.36 Å². The largest absolute Gasteiger partial charge is 0.573 e. The van der Waals surface area contributed by atoms with Crippen LogP contribution in [0.15, 0.2) is 48.8 Å². The van der Waals surface area contributed by atoms with Crippen LogP contribution in [-0.2, 0) is 6.42 Å². The van der Waals surface area contributed by atoms with Gasteiger partial charge in [0.05, 0.1) is 0 Å². The molecule has 2 aromatic heterocycles. The molecule has 0 aliphatic carbocycles. The average molecular weight is 322 g/mol. The highest BCUT2D eigenvalue weighted by Crippen LogP contribution is 2.28. The van der Waals surface area contributed by atoms with Crippen molar-refractivity contribution in [3.63, 3.8) is 0 Å². The summed E-state index contributed by atoms with van der Waals surface area (Å²) >= 11 is 0. The molecule has 0 aliphatic rings. The van der Waals surface area contributed by atoms with E-state index in [2.05, 4.69) is 9.72 Å². The van der Waals surface area contributed by atoms with Gasteiger partial charge in [0.25, 0.3) is 0 Å². The van der Waals surface area contributed by atoms with E-state index in [0.29, 0.717) is 11.6 Å². The van der Waals surface area contributed by atoms with E-state index in [1.807, 2.05) is 19.1 Å². The van der Waals surface area contributed by atoms with Crippen LogP contribution in [0.4, 0.5) is 13.2 Å². The van der Waals surface area contributed by atoms with E-state index < -0.39 is 6.36 Å². The minimum absolute atomic E-state index is 0.292. The molecule has 0 amide bonds. The fourth-order valence-corrected chi connectivity index (χ4v) is 2.16. The van der Waals surface area contributed by atoms with Gasteiger partial charge in [0.2, 0.25) is 5.88 Å². The Kier molecular flexibility index (Phi) is 3.85. The molecule has 0 N–H and O–H groups in total. The van der Waals surface area contributed by atoms with Gasteiger partial charge < -0.3 is 9.47 Å². The van der Waals surface area contributed by atoms with E-state index in [1.165, 1.54) is 24.3 Å². The van der Waals surface area contributed by atoms with Gasteiger partial charge in [-0.3, -0.25) is 4.40 Å². The normalized spacial score (nSPS) is 11.7. The molecule has 0 spiro atoms. The van der Waals surface area contributed by atoms with Crippen LogP contribution in [0.25, 0.3) is 5.65 Å². The zero-order valence-corrected chi connectivity index (χ0v) is 12.2. The number of rotatable bonds is 4. The molecular weight excluding hydrogens is 309 g/mol. The summed E-state index contributed by atoms with van der Waals surface area (Å²) in [5.41, 5.74) is 1.80. The maximum atomic E-state index is 12.1. The van der Waals surface area contributed by atoms with E-state index in [1.54, 1.807) is 16.8 Å². The van der Waals surface area contributed by atoms with Gasteiger partial charge in [-0.25, -0.2) is 4.98 Å². The first-order valence-corrected chi connectivity index (χ1v) is 6.94. The molecule has 23 heavy (non-hydrogen) atoms. The van der Waals surface area contributed by atoms with E-state index in [9.17, 15) is 13.2 Å². The number of halogens is 3. The molecule has 0 saturated carbocycles. The number of fused-ring (bicyclic) bond motifs is 1. The maximum Gasteiger partial charge on any atom is 0.573 e. The molecule has 0 fully saturated rings. The Bertz CT molecular complexity index is 810. The summed E-state index contributed by atoms with van der Waals surface area (Å²) in [6.45, 7) is 2.02. The molecular formula is C16H13F3N2O2. The van der Waals surface area contributed by atoms with Crippen LogP contribution in [0.1, 0.15) is 12.5 Å². The van der Waals surface area contributed by atoms with E-state index in [4.69, 9.17) is 4.74 Å². The topological polar surface area (TPSA) is 35.8 Å². The Labute approximate surface area is 130 Å². The van der Waals surface area contributed by atoms with Crippen LogP contribution in [0.5, 0.6) is 17.4 Å². The van der Waals surface area contributed by atoms with Crippen LogP contribution in [0.3, 0.4) is 0 Å². The van der Waals surface area contributed by atoms with Gasteiger partial charge in [0.15, 0.2) is 0 Å². The predicted molar refractivity (Wildman–Crippen MR) is 77.8 cm³/mol. The maximum absolute atomic E-state index is 12.1. The molecule has 4 nitrogen and oxygen atoms in total. The second-order valence-electron chi connectivity index (χ2n) is 4.83. The molecule has 0 unspecified atom stereocenters. The fourth-order valence-electron chi connectivity index (χ4n) is 2.16. The summed E-state index contributed by atoms with van der Waals surface area (Å²) in [4.78, 5) is 4.22. The van der Waals surface area contributed by atoms with Gasteiger partial charge in [-0.05, 0) is 42.3 Å². The summed E-state index contributed by atoms with van der Waals surface area (Å²) in [5, 5.41) is 0. The smallest absolute Gasteiger partial charge is 0.440 e. The Hall–Kier alpha value is -2.70. The minimum Gasteiger partial charge on any atom is -0.440 e. The lowest BCUT2D eigenvalue weighted by atomic mass is 10.2. The molecule has 0 saturated heterocycles. The molecule has 120 valence electrons. The van der Waals surface area contributed by atoms with Gasteiger partial charge in [0, 0.05) is 18.5 Å². The van der Waals surface area contributed by atoms with Crippen LogP contribution in [0.2, 0.25) is 0 Å². The quantitative estimate of drug-likeness (QED) is 0.705. The number of pyridine rings is 1. The monoisotopic (exact) mass is 322 g/mol. The summed E-state index contributed by atoms with van der Waals surface area (Å²) in [5.74, 6) is 0.657. The first kappa shape index (κ1) is 15.2. The lowest BCUT2D eigenvalue weighted by molar-refractivity contribution is -0.274. The number of aryl methyl sites for hydroxylation is 1. The van der Waals surface area contributed by atoms with Crippen molar-refractivity contribution < 1.29 is 22.6 Å². The Morgan fingerprint density at radius 2 is 1.78 bits per heavy atom. The fraction of sp³-hybridized carbons (Fsp3) is 0.188. The van der Waals surface area contributed by atoms with Crippen molar-refractivity contribution in [1.82, 2.24) is 9.38 Å². The van der Waals surface area contributed by atoms with Gasteiger partial charge in [-0.15, -0.1) is 13.2 Å². The van der Waals surface area contributed by atoms with Gasteiger partial charge in [-0.1, -0.05) is 6.92 Å². The lowest BCUT2D eigenvalue weighted by Gasteiger charge is -2.11. The number of alkyl halides is 3. The van der Waals surface area contributed by atoms with E-state index in [0.717, 1.165) is 17.6 Å². The molecule has 2 heterocycles. The molecule has 1 aromatic carbocycles. The summed E-state index contributed by atoms with van der Waals surface area (Å²) in [6, 6.07) is 9.07. The van der Waals surface area contributed by atoms with E-state index >= 15 is 0 Å².